The van der Waals surface area contributed by atoms with Crippen LogP contribution in [0, 0.1) is 6.92 Å². The van der Waals surface area contributed by atoms with E-state index in [9.17, 15) is 9.59 Å². The van der Waals surface area contributed by atoms with Crippen molar-refractivity contribution in [2.45, 2.75) is 13.0 Å². The second kappa shape index (κ2) is 7.33. The van der Waals surface area contributed by atoms with Crippen molar-refractivity contribution < 1.29 is 19.4 Å². The van der Waals surface area contributed by atoms with Gasteiger partial charge in [-0.15, -0.1) is 0 Å². The summed E-state index contributed by atoms with van der Waals surface area (Å²) in [6.07, 6.45) is 2.96. The van der Waals surface area contributed by atoms with Crippen LogP contribution < -0.4 is 5.32 Å². The number of hydrogen-bond acceptors (Lipinski definition) is 4. The smallest absolute Gasteiger partial charge is 0.330 e. The average molecular weight is 263 g/mol. The quantitative estimate of drug-likeness (QED) is 0.604. The minimum Gasteiger partial charge on any atom is -0.467 e. The van der Waals surface area contributed by atoms with E-state index in [0.717, 1.165) is 11.1 Å². The summed E-state index contributed by atoms with van der Waals surface area (Å²) in [5.74, 6) is -1.15. The van der Waals surface area contributed by atoms with Crippen molar-refractivity contribution in [3.63, 3.8) is 0 Å². The van der Waals surface area contributed by atoms with Crippen molar-refractivity contribution >= 4 is 18.0 Å². The Labute approximate surface area is 111 Å². The zero-order valence-corrected chi connectivity index (χ0v) is 10.9. The topological polar surface area (TPSA) is 75.6 Å². The predicted molar refractivity (Wildman–Crippen MR) is 71.2 cm³/mol. The molecule has 5 nitrogen and oxygen atoms in total. The number of esters is 1. The van der Waals surface area contributed by atoms with Crippen molar-refractivity contribution in [1.29, 1.82) is 0 Å². The van der Waals surface area contributed by atoms with Crippen LogP contribution in [0.25, 0.3) is 6.08 Å². The van der Waals surface area contributed by atoms with Gasteiger partial charge in [0, 0.05) is 6.08 Å². The number of benzene rings is 1. The summed E-state index contributed by atoms with van der Waals surface area (Å²) < 4.78 is 4.45. The van der Waals surface area contributed by atoms with Gasteiger partial charge in [0.2, 0.25) is 5.91 Å². The largest absolute Gasteiger partial charge is 0.467 e. The molecule has 0 radical (unpaired) electrons. The minimum absolute atomic E-state index is 0.465. The third kappa shape index (κ3) is 4.56. The predicted octanol–water partition coefficient (Wildman–Crippen LogP) is 0.658. The Bertz CT molecular complexity index is 482. The first-order chi connectivity index (χ1) is 9.08. The maximum atomic E-state index is 11.6. The monoisotopic (exact) mass is 263 g/mol. The zero-order chi connectivity index (χ0) is 14.3. The Kier molecular flexibility index (Phi) is 5.75. The number of aliphatic hydroxyl groups is 1. The third-order valence-corrected chi connectivity index (χ3v) is 2.59. The molecule has 0 spiro atoms. The second-order valence-corrected chi connectivity index (χ2v) is 3.96. The average Bonchev–Trinajstić information content (AvgIpc) is 2.43. The van der Waals surface area contributed by atoms with Gasteiger partial charge in [-0.25, -0.2) is 4.79 Å². The van der Waals surface area contributed by atoms with Gasteiger partial charge in [-0.1, -0.05) is 24.3 Å². The number of carbonyl (C=O) groups is 2. The van der Waals surface area contributed by atoms with Gasteiger partial charge in [0.1, 0.15) is 0 Å². The van der Waals surface area contributed by atoms with Gasteiger partial charge in [0.25, 0.3) is 0 Å². The van der Waals surface area contributed by atoms with Crippen LogP contribution in [-0.2, 0) is 14.3 Å². The molecule has 0 saturated heterocycles. The number of aliphatic hydroxyl groups excluding tert-OH is 1. The Balaban J connectivity index is 2.65. The Morgan fingerprint density at radius 1 is 1.42 bits per heavy atom. The molecule has 102 valence electrons. The van der Waals surface area contributed by atoms with Crippen molar-refractivity contribution in [2.75, 3.05) is 13.7 Å². The zero-order valence-electron chi connectivity index (χ0n) is 10.9. The van der Waals surface area contributed by atoms with Crippen LogP contribution in [0.3, 0.4) is 0 Å². The summed E-state index contributed by atoms with van der Waals surface area (Å²) in [5.41, 5.74) is 1.95. The van der Waals surface area contributed by atoms with E-state index < -0.39 is 24.5 Å². The van der Waals surface area contributed by atoms with Gasteiger partial charge in [0.15, 0.2) is 6.04 Å². The van der Waals surface area contributed by atoms with E-state index in [0.29, 0.717) is 0 Å². The summed E-state index contributed by atoms with van der Waals surface area (Å²) >= 11 is 0. The van der Waals surface area contributed by atoms with Crippen LogP contribution in [-0.4, -0.2) is 36.7 Å². The van der Waals surface area contributed by atoms with Gasteiger partial charge >= 0.3 is 5.97 Å². The molecular formula is C14H17NO4. The van der Waals surface area contributed by atoms with Gasteiger partial charge in [-0.2, -0.15) is 0 Å². The molecule has 19 heavy (non-hydrogen) atoms. The first-order valence-electron chi connectivity index (χ1n) is 5.81. The molecule has 1 atom stereocenters. The highest BCUT2D eigenvalue weighted by molar-refractivity contribution is 5.94. The van der Waals surface area contributed by atoms with Crippen molar-refractivity contribution in [3.05, 3.63) is 41.5 Å². The number of rotatable bonds is 5. The molecular weight excluding hydrogens is 246 g/mol. The summed E-state index contributed by atoms with van der Waals surface area (Å²) in [6.45, 7) is 1.43. The van der Waals surface area contributed by atoms with Crippen LogP contribution in [0.1, 0.15) is 11.1 Å². The summed E-state index contributed by atoms with van der Waals surface area (Å²) in [5, 5.41) is 11.3. The van der Waals surface area contributed by atoms with E-state index in [1.807, 2.05) is 31.2 Å². The molecule has 1 aromatic carbocycles. The molecule has 5 heteroatoms. The van der Waals surface area contributed by atoms with Crippen LogP contribution in [0.15, 0.2) is 30.3 Å². The maximum Gasteiger partial charge on any atom is 0.330 e. The highest BCUT2D eigenvalue weighted by Crippen LogP contribution is 2.08. The van der Waals surface area contributed by atoms with Crippen molar-refractivity contribution in [3.8, 4) is 0 Å². The highest BCUT2D eigenvalue weighted by Gasteiger charge is 2.18. The lowest BCUT2D eigenvalue weighted by Gasteiger charge is -2.12. The van der Waals surface area contributed by atoms with E-state index in [-0.39, 0.29) is 0 Å². The van der Waals surface area contributed by atoms with Crippen LogP contribution in [0.4, 0.5) is 0 Å². The molecule has 0 aliphatic heterocycles. The lowest BCUT2D eigenvalue weighted by Crippen LogP contribution is -2.43. The van der Waals surface area contributed by atoms with E-state index in [2.05, 4.69) is 10.1 Å². The van der Waals surface area contributed by atoms with E-state index in [1.54, 1.807) is 6.08 Å². The standard InChI is InChI=1S/C14H17NO4/c1-10-5-3-4-6-11(10)7-8-13(17)15-12(9-16)14(18)19-2/h3-8,12,16H,9H2,1-2H3,(H,15,17)/b8-7+/t12-/m1/s1. The fourth-order valence-corrected chi connectivity index (χ4v) is 1.48. The molecule has 0 aromatic heterocycles. The number of ether oxygens (including phenoxy) is 1. The molecule has 0 unspecified atom stereocenters. The first kappa shape index (κ1) is 14.9. The molecule has 0 saturated carbocycles. The molecule has 0 bridgehead atoms. The van der Waals surface area contributed by atoms with Crippen LogP contribution >= 0.6 is 0 Å². The molecule has 0 heterocycles. The number of hydrogen-bond donors (Lipinski definition) is 2. The Morgan fingerprint density at radius 2 is 2.11 bits per heavy atom. The number of nitrogens with one attached hydrogen (secondary N) is 1. The van der Waals surface area contributed by atoms with E-state index in [1.165, 1.54) is 13.2 Å². The van der Waals surface area contributed by atoms with Gasteiger partial charge in [0.05, 0.1) is 13.7 Å². The number of amides is 1. The first-order valence-corrected chi connectivity index (χ1v) is 5.81. The van der Waals surface area contributed by atoms with Crippen LogP contribution in [0.2, 0.25) is 0 Å². The number of aryl methyl sites for hydroxylation is 1. The highest BCUT2D eigenvalue weighted by atomic mass is 16.5. The minimum atomic E-state index is -1.04. The molecule has 1 rings (SSSR count). The van der Waals surface area contributed by atoms with Gasteiger partial charge in [-0.05, 0) is 24.1 Å². The maximum absolute atomic E-state index is 11.6. The molecule has 0 fully saturated rings. The Hall–Kier alpha value is -2.14. The lowest BCUT2D eigenvalue weighted by atomic mass is 10.1. The van der Waals surface area contributed by atoms with Crippen LogP contribution in [0.5, 0.6) is 0 Å². The number of carbonyl (C=O) groups excluding carboxylic acids is 2. The third-order valence-electron chi connectivity index (χ3n) is 2.59. The Morgan fingerprint density at radius 3 is 2.68 bits per heavy atom. The van der Waals surface area contributed by atoms with Crippen molar-refractivity contribution in [2.24, 2.45) is 0 Å². The van der Waals surface area contributed by atoms with Gasteiger partial charge < -0.3 is 15.2 Å². The molecule has 0 aliphatic carbocycles. The van der Waals surface area contributed by atoms with Gasteiger partial charge in [-0.3, -0.25) is 4.79 Å². The lowest BCUT2D eigenvalue weighted by molar-refractivity contribution is -0.145. The van der Waals surface area contributed by atoms with E-state index >= 15 is 0 Å². The normalized spacial score (nSPS) is 12.2. The SMILES string of the molecule is COC(=O)[C@@H](CO)NC(=O)/C=C/c1ccccc1C. The summed E-state index contributed by atoms with van der Waals surface area (Å²) in [4.78, 5) is 22.8. The molecule has 1 amide bonds. The van der Waals surface area contributed by atoms with Crippen molar-refractivity contribution in [1.82, 2.24) is 5.32 Å². The molecule has 0 aliphatic rings. The fourth-order valence-electron chi connectivity index (χ4n) is 1.48. The summed E-state index contributed by atoms with van der Waals surface area (Å²) in [7, 11) is 1.19. The molecule has 1 aromatic rings. The summed E-state index contributed by atoms with van der Waals surface area (Å²) in [6, 6.07) is 6.55. The molecule has 2 N–H and O–H groups in total. The second-order valence-electron chi connectivity index (χ2n) is 3.96. The van der Waals surface area contributed by atoms with E-state index in [4.69, 9.17) is 5.11 Å². The fraction of sp³-hybridized carbons (Fsp3) is 0.286. The number of methoxy groups -OCH3 is 1.